The third kappa shape index (κ3) is 8.85. The van der Waals surface area contributed by atoms with E-state index in [4.69, 9.17) is 4.74 Å². The molecule has 0 spiro atoms. The fourth-order valence-corrected chi connectivity index (χ4v) is 2.46. The maximum atomic E-state index is 5.04. The van der Waals surface area contributed by atoms with Crippen LogP contribution in [0.1, 0.15) is 26.7 Å². The van der Waals surface area contributed by atoms with Gasteiger partial charge in [-0.1, -0.05) is 13.8 Å². The molecule has 0 amide bonds. The first-order valence-corrected chi connectivity index (χ1v) is 6.60. The smallest absolute Gasteiger partial charge is 0.0462 e. The summed E-state index contributed by atoms with van der Waals surface area (Å²) in [5.74, 6) is 3.29. The third-order valence-corrected chi connectivity index (χ3v) is 3.62. The van der Waals surface area contributed by atoms with Gasteiger partial charge in [-0.3, -0.25) is 0 Å². The Morgan fingerprint density at radius 1 is 1.29 bits per heavy atom. The lowest BCUT2D eigenvalue weighted by Gasteiger charge is -2.16. The first kappa shape index (κ1) is 14.3. The minimum atomic E-state index is 0.647. The molecule has 0 saturated heterocycles. The molecular formula is C11H25NOS. The predicted octanol–water partition coefficient (Wildman–Crippen LogP) is 2.39. The Morgan fingerprint density at radius 2 is 2.00 bits per heavy atom. The van der Waals surface area contributed by atoms with Crippen LogP contribution in [0.4, 0.5) is 0 Å². The monoisotopic (exact) mass is 219 g/mol. The molecule has 0 fully saturated rings. The molecule has 0 aromatic carbocycles. The fraction of sp³-hybridized carbons (Fsp3) is 1.00. The van der Waals surface area contributed by atoms with Gasteiger partial charge in [0.15, 0.2) is 0 Å². The molecule has 0 aromatic rings. The van der Waals surface area contributed by atoms with E-state index in [0.717, 1.165) is 18.9 Å². The Hall–Kier alpha value is 0.270. The van der Waals surface area contributed by atoms with E-state index in [2.05, 4.69) is 19.2 Å². The van der Waals surface area contributed by atoms with Crippen LogP contribution in [0.25, 0.3) is 0 Å². The van der Waals surface area contributed by atoms with E-state index in [1.54, 1.807) is 7.11 Å². The van der Waals surface area contributed by atoms with Gasteiger partial charge in [0.1, 0.15) is 0 Å². The Morgan fingerprint density at radius 3 is 2.50 bits per heavy atom. The highest BCUT2D eigenvalue weighted by Gasteiger charge is 2.06. The van der Waals surface area contributed by atoms with E-state index in [1.807, 2.05) is 18.8 Å². The second-order valence-corrected chi connectivity index (χ2v) is 5.13. The molecule has 0 heterocycles. The zero-order valence-corrected chi connectivity index (χ0v) is 10.8. The predicted molar refractivity (Wildman–Crippen MR) is 66.1 cm³/mol. The van der Waals surface area contributed by atoms with E-state index in [-0.39, 0.29) is 0 Å². The SMILES string of the molecule is CNC(CCCOC)CSCC(C)C. The third-order valence-electron chi connectivity index (χ3n) is 2.08. The second kappa shape index (κ2) is 9.81. The fourth-order valence-electron chi connectivity index (χ4n) is 1.23. The minimum absolute atomic E-state index is 0.647. The average Bonchev–Trinajstić information content (AvgIpc) is 2.15. The summed E-state index contributed by atoms with van der Waals surface area (Å²) in [6.07, 6.45) is 2.37. The quantitative estimate of drug-likeness (QED) is 0.602. The summed E-state index contributed by atoms with van der Waals surface area (Å²) >= 11 is 2.05. The van der Waals surface area contributed by atoms with Crippen molar-refractivity contribution in [3.8, 4) is 0 Å². The largest absolute Gasteiger partial charge is 0.385 e. The van der Waals surface area contributed by atoms with Crippen molar-refractivity contribution in [1.82, 2.24) is 5.32 Å². The van der Waals surface area contributed by atoms with Crippen LogP contribution in [0.15, 0.2) is 0 Å². The van der Waals surface area contributed by atoms with Crippen LogP contribution >= 0.6 is 11.8 Å². The summed E-state index contributed by atoms with van der Waals surface area (Å²) < 4.78 is 5.04. The van der Waals surface area contributed by atoms with Crippen LogP contribution in [0.3, 0.4) is 0 Å². The molecule has 1 unspecified atom stereocenters. The molecule has 1 atom stereocenters. The van der Waals surface area contributed by atoms with Gasteiger partial charge in [-0.2, -0.15) is 11.8 Å². The van der Waals surface area contributed by atoms with Crippen molar-refractivity contribution < 1.29 is 4.74 Å². The van der Waals surface area contributed by atoms with Gasteiger partial charge in [-0.25, -0.2) is 0 Å². The lowest BCUT2D eigenvalue weighted by Crippen LogP contribution is -2.28. The molecule has 0 rings (SSSR count). The van der Waals surface area contributed by atoms with Gasteiger partial charge in [0.2, 0.25) is 0 Å². The summed E-state index contributed by atoms with van der Waals surface area (Å²) in [5.41, 5.74) is 0. The Labute approximate surface area is 93.2 Å². The first-order chi connectivity index (χ1) is 6.70. The average molecular weight is 219 g/mol. The van der Waals surface area contributed by atoms with E-state index in [9.17, 15) is 0 Å². The summed E-state index contributed by atoms with van der Waals surface area (Å²) in [7, 11) is 3.81. The van der Waals surface area contributed by atoms with Crippen molar-refractivity contribution >= 4 is 11.8 Å². The van der Waals surface area contributed by atoms with Gasteiger partial charge in [0, 0.05) is 25.5 Å². The number of hydrogen-bond acceptors (Lipinski definition) is 3. The van der Waals surface area contributed by atoms with E-state index in [1.165, 1.54) is 17.9 Å². The Kier molecular flexibility index (Phi) is 10.0. The zero-order valence-electron chi connectivity index (χ0n) is 10.0. The van der Waals surface area contributed by atoms with E-state index < -0.39 is 0 Å². The van der Waals surface area contributed by atoms with Crippen molar-refractivity contribution in [2.75, 3.05) is 32.3 Å². The number of rotatable bonds is 9. The number of thioether (sulfide) groups is 1. The molecule has 1 N–H and O–H groups in total. The van der Waals surface area contributed by atoms with Gasteiger partial charge in [-0.05, 0) is 31.6 Å². The molecule has 2 nitrogen and oxygen atoms in total. The van der Waals surface area contributed by atoms with E-state index >= 15 is 0 Å². The highest BCUT2D eigenvalue weighted by atomic mass is 32.2. The van der Waals surface area contributed by atoms with E-state index in [0.29, 0.717) is 6.04 Å². The van der Waals surface area contributed by atoms with Crippen molar-refractivity contribution in [2.24, 2.45) is 5.92 Å². The Balaban J connectivity index is 3.38. The number of nitrogens with one attached hydrogen (secondary N) is 1. The maximum Gasteiger partial charge on any atom is 0.0462 e. The summed E-state index contributed by atoms with van der Waals surface area (Å²) in [5, 5.41) is 3.36. The lowest BCUT2D eigenvalue weighted by atomic mass is 10.2. The highest BCUT2D eigenvalue weighted by molar-refractivity contribution is 7.99. The number of methoxy groups -OCH3 is 1. The molecule has 0 aliphatic carbocycles. The van der Waals surface area contributed by atoms with Gasteiger partial charge >= 0.3 is 0 Å². The van der Waals surface area contributed by atoms with Crippen LogP contribution in [0.2, 0.25) is 0 Å². The van der Waals surface area contributed by atoms with Crippen LogP contribution in [0.5, 0.6) is 0 Å². The minimum Gasteiger partial charge on any atom is -0.385 e. The van der Waals surface area contributed by atoms with Crippen LogP contribution in [-0.2, 0) is 4.74 Å². The van der Waals surface area contributed by atoms with Gasteiger partial charge in [0.05, 0.1) is 0 Å². The van der Waals surface area contributed by atoms with Crippen molar-refractivity contribution in [3.05, 3.63) is 0 Å². The summed E-state index contributed by atoms with van der Waals surface area (Å²) in [4.78, 5) is 0. The molecule has 86 valence electrons. The molecule has 0 aliphatic rings. The molecule has 0 bridgehead atoms. The highest BCUT2D eigenvalue weighted by Crippen LogP contribution is 2.11. The molecular weight excluding hydrogens is 194 g/mol. The lowest BCUT2D eigenvalue weighted by molar-refractivity contribution is 0.190. The second-order valence-electron chi connectivity index (χ2n) is 4.05. The van der Waals surface area contributed by atoms with Crippen LogP contribution in [-0.4, -0.2) is 38.3 Å². The summed E-state index contributed by atoms with van der Waals surface area (Å²) in [6.45, 7) is 5.42. The topological polar surface area (TPSA) is 21.3 Å². The van der Waals surface area contributed by atoms with Gasteiger partial charge in [-0.15, -0.1) is 0 Å². The van der Waals surface area contributed by atoms with Crippen molar-refractivity contribution in [3.63, 3.8) is 0 Å². The molecule has 0 saturated carbocycles. The number of ether oxygens (including phenoxy) is 1. The molecule has 0 radical (unpaired) electrons. The van der Waals surface area contributed by atoms with Crippen molar-refractivity contribution in [2.45, 2.75) is 32.7 Å². The maximum absolute atomic E-state index is 5.04. The standard InChI is InChI=1S/C11H25NOS/c1-10(2)8-14-9-11(12-3)6-5-7-13-4/h10-12H,5-9H2,1-4H3. The van der Waals surface area contributed by atoms with Gasteiger partial charge < -0.3 is 10.1 Å². The molecule has 0 aromatic heterocycles. The molecule has 0 aliphatic heterocycles. The van der Waals surface area contributed by atoms with Crippen molar-refractivity contribution in [1.29, 1.82) is 0 Å². The first-order valence-electron chi connectivity index (χ1n) is 5.44. The normalized spacial score (nSPS) is 13.5. The van der Waals surface area contributed by atoms with Gasteiger partial charge in [0.25, 0.3) is 0 Å². The number of hydrogen-bond donors (Lipinski definition) is 1. The van der Waals surface area contributed by atoms with Crippen LogP contribution in [0, 0.1) is 5.92 Å². The molecule has 3 heteroatoms. The Bertz CT molecular complexity index is 120. The van der Waals surface area contributed by atoms with Crippen LogP contribution < -0.4 is 5.32 Å². The summed E-state index contributed by atoms with van der Waals surface area (Å²) in [6, 6.07) is 0.647. The zero-order chi connectivity index (χ0) is 10.8. The molecule has 14 heavy (non-hydrogen) atoms.